The highest BCUT2D eigenvalue weighted by atomic mass is 32.2. The molecule has 0 aliphatic carbocycles. The lowest BCUT2D eigenvalue weighted by atomic mass is 9.96. The maximum absolute atomic E-state index is 13.6. The van der Waals surface area contributed by atoms with Crippen LogP contribution in [0.5, 0.6) is 0 Å². The molecule has 3 rings (SSSR count). The monoisotopic (exact) mass is 555 g/mol. The number of hydrogen-bond acceptors (Lipinski definition) is 13. The van der Waals surface area contributed by atoms with Gasteiger partial charge in [-0.25, -0.2) is 0 Å². The van der Waals surface area contributed by atoms with Crippen LogP contribution >= 0.6 is 24.0 Å². The molecule has 200 valence electrons. The minimum atomic E-state index is -1.45. The summed E-state index contributed by atoms with van der Waals surface area (Å²) in [6.07, 6.45) is -5.41. The van der Waals surface area contributed by atoms with Crippen LogP contribution in [-0.4, -0.2) is 76.3 Å². The number of esters is 4. The maximum Gasteiger partial charge on any atom is 0.303 e. The summed E-state index contributed by atoms with van der Waals surface area (Å²) < 4.78 is 32.8. The summed E-state index contributed by atoms with van der Waals surface area (Å²) in [5.41, 5.74) is 0.510. The van der Waals surface area contributed by atoms with Crippen molar-refractivity contribution in [2.24, 2.45) is 0 Å². The Hall–Kier alpha value is -3.23. The van der Waals surface area contributed by atoms with Crippen molar-refractivity contribution < 1.29 is 52.1 Å². The third-order valence-corrected chi connectivity index (χ3v) is 6.75. The summed E-state index contributed by atoms with van der Waals surface area (Å²) in [6, 6.07) is 3.34. The van der Waals surface area contributed by atoms with Gasteiger partial charge in [0.15, 0.2) is 28.9 Å². The second-order valence-corrected chi connectivity index (χ2v) is 9.71. The largest absolute Gasteiger partial charge is 0.465 e. The van der Waals surface area contributed by atoms with Gasteiger partial charge in [-0.3, -0.25) is 28.9 Å². The molecule has 2 aliphatic rings. The van der Waals surface area contributed by atoms with Crippen molar-refractivity contribution in [1.29, 1.82) is 0 Å². The number of thioether (sulfide) groups is 1. The first-order valence-corrected chi connectivity index (χ1v) is 12.2. The molecule has 0 saturated carbocycles. The van der Waals surface area contributed by atoms with Gasteiger partial charge in [-0.1, -0.05) is 24.0 Å². The molecular weight excluding hydrogens is 530 g/mol. The Kier molecular flexibility index (Phi) is 9.10. The lowest BCUT2D eigenvalue weighted by Gasteiger charge is -2.46. The second kappa shape index (κ2) is 11.9. The number of ether oxygens (including phenoxy) is 5. The van der Waals surface area contributed by atoms with Crippen LogP contribution in [0.3, 0.4) is 0 Å². The zero-order chi connectivity index (χ0) is 27.4. The molecule has 5 atom stereocenters. The minimum absolute atomic E-state index is 0.0619. The molecule has 12 nitrogen and oxygen atoms in total. The molecule has 0 radical (unpaired) electrons. The van der Waals surface area contributed by atoms with Crippen LogP contribution in [0.15, 0.2) is 27.7 Å². The summed E-state index contributed by atoms with van der Waals surface area (Å²) in [5.74, 6) is -3.13. The number of furan rings is 1. The van der Waals surface area contributed by atoms with Crippen LogP contribution in [-0.2, 0) is 47.7 Å². The molecule has 0 unspecified atom stereocenters. The molecule has 37 heavy (non-hydrogen) atoms. The molecule has 1 aromatic rings. The highest BCUT2D eigenvalue weighted by Crippen LogP contribution is 2.41. The Labute approximate surface area is 221 Å². The van der Waals surface area contributed by atoms with E-state index in [9.17, 15) is 24.0 Å². The minimum Gasteiger partial charge on any atom is -0.465 e. The maximum atomic E-state index is 13.6. The fraction of sp³-hybridized carbons (Fsp3) is 0.478. The standard InChI is InChI=1S/C23H25NO11S2/c1-10(15-7-6-8-30-15)20-21(29)24(23(36)37-20)22-19(34-14(5)28)18(33-13(4)27)17(32-12(3)26)16(35-22)9-31-11(2)25/h6-8,16-19,22H,9H2,1-5H3/b20-10+/t16-,17+,18+,19+,22+/m0/s1. The highest BCUT2D eigenvalue weighted by Gasteiger charge is 2.56. The summed E-state index contributed by atoms with van der Waals surface area (Å²) >= 11 is 6.44. The van der Waals surface area contributed by atoms with Crippen molar-refractivity contribution in [2.75, 3.05) is 6.61 Å². The average molecular weight is 556 g/mol. The summed E-state index contributed by atoms with van der Waals surface area (Å²) in [6.45, 7) is 5.75. The Morgan fingerprint density at radius 3 is 2.08 bits per heavy atom. The van der Waals surface area contributed by atoms with E-state index in [1.807, 2.05) is 0 Å². The van der Waals surface area contributed by atoms with Crippen molar-refractivity contribution in [1.82, 2.24) is 4.90 Å². The van der Waals surface area contributed by atoms with Gasteiger partial charge >= 0.3 is 23.9 Å². The molecule has 2 fully saturated rings. The summed E-state index contributed by atoms with van der Waals surface area (Å²) in [4.78, 5) is 62.4. The lowest BCUT2D eigenvalue weighted by Crippen LogP contribution is -2.66. The van der Waals surface area contributed by atoms with E-state index in [0.717, 1.165) is 44.4 Å². The second-order valence-electron chi connectivity index (χ2n) is 8.06. The number of rotatable bonds is 7. The first-order valence-electron chi connectivity index (χ1n) is 11.0. The number of carbonyl (C=O) groups excluding carboxylic acids is 5. The van der Waals surface area contributed by atoms with E-state index in [0.29, 0.717) is 11.3 Å². The van der Waals surface area contributed by atoms with Crippen molar-refractivity contribution >= 4 is 63.7 Å². The van der Waals surface area contributed by atoms with E-state index in [1.165, 1.54) is 6.26 Å². The normalized spacial score (nSPS) is 26.9. The van der Waals surface area contributed by atoms with Crippen molar-refractivity contribution in [3.8, 4) is 0 Å². The molecule has 3 heterocycles. The number of hydrogen-bond donors (Lipinski definition) is 0. The zero-order valence-corrected chi connectivity index (χ0v) is 22.2. The number of allylic oxidation sites excluding steroid dienone is 1. The van der Waals surface area contributed by atoms with Gasteiger partial charge in [-0.05, 0) is 19.1 Å². The van der Waals surface area contributed by atoms with Gasteiger partial charge in [0, 0.05) is 33.3 Å². The lowest BCUT2D eigenvalue weighted by molar-refractivity contribution is -0.268. The third kappa shape index (κ3) is 6.56. The number of nitrogens with zero attached hydrogens (tertiary/aromatic N) is 1. The molecule has 2 saturated heterocycles. The van der Waals surface area contributed by atoms with Gasteiger partial charge in [-0.2, -0.15) is 0 Å². The SMILES string of the molecule is CC(=O)OC[C@@H]1O[C@@H](N2C(=O)/C(=C(/C)c3ccco3)SC2=S)[C@H](OC(C)=O)[C@H](OC(C)=O)[C@@H]1OC(C)=O. The van der Waals surface area contributed by atoms with E-state index in [4.69, 9.17) is 40.3 Å². The smallest absolute Gasteiger partial charge is 0.303 e. The van der Waals surface area contributed by atoms with Crippen LogP contribution in [0.2, 0.25) is 0 Å². The summed E-state index contributed by atoms with van der Waals surface area (Å²) in [7, 11) is 0. The Morgan fingerprint density at radius 1 is 0.946 bits per heavy atom. The van der Waals surface area contributed by atoms with Crippen LogP contribution in [0.25, 0.3) is 5.57 Å². The molecule has 0 N–H and O–H groups in total. The fourth-order valence-electron chi connectivity index (χ4n) is 3.85. The van der Waals surface area contributed by atoms with E-state index < -0.39 is 67.0 Å². The van der Waals surface area contributed by atoms with Gasteiger partial charge in [-0.15, -0.1) is 0 Å². The summed E-state index contributed by atoms with van der Waals surface area (Å²) in [5, 5.41) is 0. The fourth-order valence-corrected chi connectivity index (χ4v) is 5.18. The van der Waals surface area contributed by atoms with Gasteiger partial charge in [0.1, 0.15) is 18.5 Å². The molecular formula is C23H25NO11S2. The number of thiocarbonyl (C=S) groups is 1. The van der Waals surface area contributed by atoms with Crippen LogP contribution < -0.4 is 0 Å². The predicted octanol–water partition coefficient (Wildman–Crippen LogP) is 1.95. The van der Waals surface area contributed by atoms with E-state index in [2.05, 4.69) is 0 Å². The van der Waals surface area contributed by atoms with Crippen LogP contribution in [0.4, 0.5) is 0 Å². The molecule has 0 aromatic carbocycles. The third-order valence-electron chi connectivity index (χ3n) is 5.25. The van der Waals surface area contributed by atoms with E-state index >= 15 is 0 Å². The topological polar surface area (TPSA) is 148 Å². The molecule has 14 heteroatoms. The average Bonchev–Trinajstić information content (AvgIpc) is 3.42. The first kappa shape index (κ1) is 28.3. The van der Waals surface area contributed by atoms with E-state index in [1.54, 1.807) is 19.1 Å². The van der Waals surface area contributed by atoms with E-state index in [-0.39, 0.29) is 9.23 Å². The van der Waals surface area contributed by atoms with Crippen LogP contribution in [0, 0.1) is 0 Å². The molecule has 1 aromatic heterocycles. The molecule has 1 amide bonds. The van der Waals surface area contributed by atoms with Gasteiger partial charge in [0.05, 0.1) is 11.2 Å². The van der Waals surface area contributed by atoms with Crippen molar-refractivity contribution in [3.63, 3.8) is 0 Å². The zero-order valence-electron chi connectivity index (χ0n) is 20.6. The van der Waals surface area contributed by atoms with Gasteiger partial charge < -0.3 is 28.1 Å². The van der Waals surface area contributed by atoms with Crippen molar-refractivity contribution in [3.05, 3.63) is 29.1 Å². The molecule has 0 spiro atoms. The molecule has 0 bridgehead atoms. The van der Waals surface area contributed by atoms with Crippen molar-refractivity contribution in [2.45, 2.75) is 65.3 Å². The van der Waals surface area contributed by atoms with Crippen LogP contribution in [0.1, 0.15) is 40.4 Å². The Balaban J connectivity index is 2.08. The van der Waals surface area contributed by atoms with Gasteiger partial charge in [0.25, 0.3) is 5.91 Å². The van der Waals surface area contributed by atoms with Gasteiger partial charge in [0.2, 0.25) is 0 Å². The Morgan fingerprint density at radius 2 is 1.54 bits per heavy atom. The first-order chi connectivity index (χ1) is 17.4. The number of amides is 1. The highest BCUT2D eigenvalue weighted by molar-refractivity contribution is 8.26. The molecule has 2 aliphatic heterocycles. The predicted molar refractivity (Wildman–Crippen MR) is 130 cm³/mol. The Bertz CT molecular complexity index is 1130. The number of carbonyl (C=O) groups is 5. The quantitative estimate of drug-likeness (QED) is 0.209.